The molecule has 0 N–H and O–H groups in total. The molecule has 2 heteroatoms. The molecule has 0 spiro atoms. The van der Waals surface area contributed by atoms with Gasteiger partial charge in [-0.2, -0.15) is 0 Å². The number of nitrogens with zero attached hydrogens (tertiary/aromatic N) is 2. The number of aromatic nitrogens is 1. The van der Waals surface area contributed by atoms with Gasteiger partial charge in [0.25, 0.3) is 0 Å². The van der Waals surface area contributed by atoms with Gasteiger partial charge < -0.3 is 9.47 Å². The molecule has 10 aromatic carbocycles. The first-order chi connectivity index (χ1) is 30.8. The predicted octanol–water partition coefficient (Wildman–Crippen LogP) is 16.6. The fourth-order valence-corrected chi connectivity index (χ4v) is 9.02. The Labute approximate surface area is 362 Å². The third-order valence-corrected chi connectivity index (χ3v) is 12.0. The summed E-state index contributed by atoms with van der Waals surface area (Å²) in [5.41, 5.74) is 18.6. The van der Waals surface area contributed by atoms with Crippen LogP contribution in [0.25, 0.3) is 83.1 Å². The van der Waals surface area contributed by atoms with E-state index < -0.39 is 0 Å². The summed E-state index contributed by atoms with van der Waals surface area (Å²) in [6, 6.07) is 92.1. The first-order valence-corrected chi connectivity index (χ1v) is 21.3. The van der Waals surface area contributed by atoms with Crippen molar-refractivity contribution in [3.8, 4) is 61.3 Å². The standard InChI is InChI=1S/C60H42N2/c1-5-17-43(18-6-1)45-29-31-49(32-30-45)54-25-13-15-27-58(54)62-59-28-16-14-26-55(59)56-40-38-52(42-60(56)62)61(50-35-33-46(34-36-50)44-19-7-2-8-20-44)51-37-39-53(47-21-9-3-10-22-47)57(41-51)48-23-11-4-12-24-48/h1-42H. The molecule has 0 aliphatic rings. The minimum absolute atomic E-state index is 1.07. The van der Waals surface area contributed by atoms with E-state index in [0.717, 1.165) is 28.3 Å². The van der Waals surface area contributed by atoms with Gasteiger partial charge in [-0.25, -0.2) is 0 Å². The molecular formula is C60H42N2. The van der Waals surface area contributed by atoms with Gasteiger partial charge >= 0.3 is 0 Å². The molecule has 0 amide bonds. The Morgan fingerprint density at radius 3 is 1.31 bits per heavy atom. The Balaban J connectivity index is 1.11. The lowest BCUT2D eigenvalue weighted by Crippen LogP contribution is -2.10. The van der Waals surface area contributed by atoms with Crippen molar-refractivity contribution >= 4 is 38.9 Å². The quantitative estimate of drug-likeness (QED) is 0.141. The van der Waals surface area contributed by atoms with E-state index in [-0.39, 0.29) is 0 Å². The summed E-state index contributed by atoms with van der Waals surface area (Å²) in [5.74, 6) is 0. The molecule has 0 fully saturated rings. The minimum atomic E-state index is 1.07. The topological polar surface area (TPSA) is 8.17 Å². The number of para-hydroxylation sites is 2. The summed E-state index contributed by atoms with van der Waals surface area (Å²) in [6.07, 6.45) is 0. The van der Waals surface area contributed by atoms with Crippen molar-refractivity contribution in [1.29, 1.82) is 0 Å². The minimum Gasteiger partial charge on any atom is -0.310 e. The lowest BCUT2D eigenvalue weighted by Gasteiger charge is -2.27. The van der Waals surface area contributed by atoms with Crippen molar-refractivity contribution in [2.24, 2.45) is 0 Å². The first-order valence-electron chi connectivity index (χ1n) is 21.3. The number of fused-ring (bicyclic) bond motifs is 3. The number of benzene rings is 10. The van der Waals surface area contributed by atoms with Crippen molar-refractivity contribution in [1.82, 2.24) is 4.57 Å². The maximum atomic E-state index is 2.46. The van der Waals surface area contributed by atoms with E-state index in [4.69, 9.17) is 0 Å². The highest BCUT2D eigenvalue weighted by atomic mass is 15.1. The maximum absolute atomic E-state index is 2.46. The van der Waals surface area contributed by atoms with Gasteiger partial charge in [0, 0.05) is 33.4 Å². The van der Waals surface area contributed by atoms with E-state index >= 15 is 0 Å². The van der Waals surface area contributed by atoms with Crippen LogP contribution in [0.4, 0.5) is 17.1 Å². The van der Waals surface area contributed by atoms with Gasteiger partial charge in [-0.3, -0.25) is 0 Å². The molecule has 0 aliphatic carbocycles. The molecule has 0 saturated carbocycles. The smallest absolute Gasteiger partial charge is 0.0562 e. The molecule has 1 aromatic heterocycles. The number of hydrogen-bond acceptors (Lipinski definition) is 1. The van der Waals surface area contributed by atoms with Crippen LogP contribution in [0.3, 0.4) is 0 Å². The lowest BCUT2D eigenvalue weighted by molar-refractivity contribution is 1.18. The van der Waals surface area contributed by atoms with Crippen LogP contribution in [-0.2, 0) is 0 Å². The monoisotopic (exact) mass is 790 g/mol. The molecule has 0 saturated heterocycles. The summed E-state index contributed by atoms with van der Waals surface area (Å²) < 4.78 is 2.46. The SMILES string of the molecule is c1ccc(-c2ccc(-c3ccccc3-n3c4ccccc4c4ccc(N(c5ccc(-c6ccccc6)cc5)c5ccc(-c6ccccc6)c(-c6ccccc6)c5)cc43)cc2)cc1. The highest BCUT2D eigenvalue weighted by Gasteiger charge is 2.21. The van der Waals surface area contributed by atoms with Gasteiger partial charge in [-0.1, -0.05) is 206 Å². The zero-order valence-electron chi connectivity index (χ0n) is 34.1. The molecule has 11 rings (SSSR count). The molecule has 2 nitrogen and oxygen atoms in total. The summed E-state index contributed by atoms with van der Waals surface area (Å²) in [5, 5.41) is 2.43. The Morgan fingerprint density at radius 2 is 0.661 bits per heavy atom. The summed E-state index contributed by atoms with van der Waals surface area (Å²) in [7, 11) is 0. The molecular weight excluding hydrogens is 749 g/mol. The fourth-order valence-electron chi connectivity index (χ4n) is 9.02. The Hall–Kier alpha value is -8.20. The molecule has 292 valence electrons. The molecule has 0 aliphatic heterocycles. The second-order valence-electron chi connectivity index (χ2n) is 15.7. The van der Waals surface area contributed by atoms with Crippen LogP contribution in [0.1, 0.15) is 0 Å². The third kappa shape index (κ3) is 6.84. The van der Waals surface area contributed by atoms with Crippen LogP contribution in [0.2, 0.25) is 0 Å². The van der Waals surface area contributed by atoms with Crippen molar-refractivity contribution in [3.63, 3.8) is 0 Å². The van der Waals surface area contributed by atoms with E-state index in [1.54, 1.807) is 0 Å². The molecule has 0 bridgehead atoms. The van der Waals surface area contributed by atoms with E-state index in [9.17, 15) is 0 Å². The second kappa shape index (κ2) is 16.1. The van der Waals surface area contributed by atoms with E-state index in [1.165, 1.54) is 71.9 Å². The third-order valence-electron chi connectivity index (χ3n) is 12.0. The maximum Gasteiger partial charge on any atom is 0.0562 e. The normalized spacial score (nSPS) is 11.2. The zero-order chi connectivity index (χ0) is 41.2. The van der Waals surface area contributed by atoms with E-state index in [0.29, 0.717) is 0 Å². The molecule has 0 radical (unpaired) electrons. The highest BCUT2D eigenvalue weighted by molar-refractivity contribution is 6.11. The molecule has 0 unspecified atom stereocenters. The zero-order valence-corrected chi connectivity index (χ0v) is 34.1. The van der Waals surface area contributed by atoms with E-state index in [2.05, 4.69) is 264 Å². The number of rotatable bonds is 9. The molecule has 11 aromatic rings. The average Bonchev–Trinajstić information content (AvgIpc) is 3.69. The van der Waals surface area contributed by atoms with Crippen LogP contribution < -0.4 is 4.90 Å². The second-order valence-corrected chi connectivity index (χ2v) is 15.7. The fraction of sp³-hybridized carbons (Fsp3) is 0. The van der Waals surface area contributed by atoms with Crippen molar-refractivity contribution < 1.29 is 0 Å². The van der Waals surface area contributed by atoms with E-state index in [1.807, 2.05) is 0 Å². The van der Waals surface area contributed by atoms with Gasteiger partial charge in [0.2, 0.25) is 0 Å². The molecule has 0 atom stereocenters. The van der Waals surface area contributed by atoms with Gasteiger partial charge in [0.1, 0.15) is 0 Å². The Kier molecular flexibility index (Phi) is 9.57. The summed E-state index contributed by atoms with van der Waals surface area (Å²) in [4.78, 5) is 2.41. The van der Waals surface area contributed by atoms with Crippen LogP contribution in [0, 0.1) is 0 Å². The van der Waals surface area contributed by atoms with Gasteiger partial charge in [0.15, 0.2) is 0 Å². The van der Waals surface area contributed by atoms with Crippen LogP contribution in [0.5, 0.6) is 0 Å². The van der Waals surface area contributed by atoms with Gasteiger partial charge in [0.05, 0.1) is 16.7 Å². The van der Waals surface area contributed by atoms with Gasteiger partial charge in [-0.15, -0.1) is 0 Å². The Bertz CT molecular complexity index is 3300. The summed E-state index contributed by atoms with van der Waals surface area (Å²) in [6.45, 7) is 0. The average molecular weight is 791 g/mol. The van der Waals surface area contributed by atoms with Crippen molar-refractivity contribution in [3.05, 3.63) is 255 Å². The first kappa shape index (κ1) is 36.8. The Morgan fingerprint density at radius 1 is 0.242 bits per heavy atom. The van der Waals surface area contributed by atoms with Crippen molar-refractivity contribution in [2.75, 3.05) is 4.90 Å². The summed E-state index contributed by atoms with van der Waals surface area (Å²) >= 11 is 0. The van der Waals surface area contributed by atoms with Crippen LogP contribution in [0.15, 0.2) is 255 Å². The number of anilines is 3. The van der Waals surface area contributed by atoms with Gasteiger partial charge in [-0.05, 0) is 98.6 Å². The highest BCUT2D eigenvalue weighted by Crippen LogP contribution is 2.44. The van der Waals surface area contributed by atoms with Crippen molar-refractivity contribution in [2.45, 2.75) is 0 Å². The molecule has 62 heavy (non-hydrogen) atoms. The van der Waals surface area contributed by atoms with Crippen LogP contribution >= 0.6 is 0 Å². The van der Waals surface area contributed by atoms with Crippen LogP contribution in [-0.4, -0.2) is 4.57 Å². The lowest BCUT2D eigenvalue weighted by atomic mass is 9.93. The predicted molar refractivity (Wildman–Crippen MR) is 263 cm³/mol. The molecule has 1 heterocycles. The largest absolute Gasteiger partial charge is 0.310 e. The number of hydrogen-bond donors (Lipinski definition) is 0.